The van der Waals surface area contributed by atoms with Gasteiger partial charge in [0.15, 0.2) is 0 Å². The molecule has 1 fully saturated rings. The second-order valence-corrected chi connectivity index (χ2v) is 6.34. The van der Waals surface area contributed by atoms with Gasteiger partial charge in [-0.05, 0) is 47.0 Å². The number of amides is 1. The summed E-state index contributed by atoms with van der Waals surface area (Å²) in [5.41, 5.74) is 1.81. The van der Waals surface area contributed by atoms with Crippen LogP contribution in [0, 0.1) is 0 Å². The number of hydrogen-bond donors (Lipinski definition) is 1. The first-order valence-electron chi connectivity index (χ1n) is 7.44. The van der Waals surface area contributed by atoms with Gasteiger partial charge in [0.05, 0.1) is 5.56 Å². The van der Waals surface area contributed by atoms with Gasteiger partial charge in [-0.15, -0.1) is 0 Å². The monoisotopic (exact) mass is 359 g/mol. The molecule has 2 aromatic rings. The van der Waals surface area contributed by atoms with Crippen molar-refractivity contribution in [2.24, 2.45) is 0 Å². The van der Waals surface area contributed by atoms with Crippen LogP contribution < -0.4 is 10.2 Å². The lowest BCUT2D eigenvalue weighted by Gasteiger charge is -2.27. The number of halogens is 1. The fraction of sp³-hybridized carbons (Fsp3) is 0.294. The maximum atomic E-state index is 12.2. The highest BCUT2D eigenvalue weighted by Crippen LogP contribution is 2.24. The van der Waals surface area contributed by atoms with Crippen molar-refractivity contribution in [3.8, 4) is 0 Å². The zero-order valence-corrected chi connectivity index (χ0v) is 13.8. The summed E-state index contributed by atoms with van der Waals surface area (Å²) in [6, 6.07) is 12.5. The van der Waals surface area contributed by atoms with E-state index in [-0.39, 0.29) is 5.91 Å². The highest BCUT2D eigenvalue weighted by Gasteiger charge is 2.25. The van der Waals surface area contributed by atoms with Gasteiger partial charge in [0.25, 0.3) is 5.91 Å². The molecule has 114 valence electrons. The Morgan fingerprint density at radius 3 is 2.91 bits per heavy atom. The maximum absolute atomic E-state index is 12.2. The molecule has 0 unspecified atom stereocenters. The SMILES string of the molecule is O=C(NC[C@H]1CCCN1c1ccccc1)c1cncc(Br)c1. The summed E-state index contributed by atoms with van der Waals surface area (Å²) in [5.74, 6) is -0.0753. The Bertz CT molecular complexity index is 647. The minimum Gasteiger partial charge on any atom is -0.367 e. The van der Waals surface area contributed by atoms with E-state index in [2.05, 4.69) is 55.4 Å². The number of nitrogens with one attached hydrogen (secondary N) is 1. The van der Waals surface area contributed by atoms with E-state index < -0.39 is 0 Å². The van der Waals surface area contributed by atoms with Crippen molar-refractivity contribution >= 4 is 27.5 Å². The van der Waals surface area contributed by atoms with Crippen LogP contribution >= 0.6 is 15.9 Å². The number of rotatable bonds is 4. The minimum atomic E-state index is -0.0753. The molecule has 5 heteroatoms. The Kier molecular flexibility index (Phi) is 4.73. The summed E-state index contributed by atoms with van der Waals surface area (Å²) in [6.45, 7) is 1.70. The average Bonchev–Trinajstić information content (AvgIpc) is 3.02. The molecule has 1 aromatic carbocycles. The van der Waals surface area contributed by atoms with E-state index in [1.807, 2.05) is 6.07 Å². The molecule has 1 aromatic heterocycles. The van der Waals surface area contributed by atoms with Crippen molar-refractivity contribution in [3.63, 3.8) is 0 Å². The van der Waals surface area contributed by atoms with Crippen molar-refractivity contribution < 1.29 is 4.79 Å². The molecule has 1 atom stereocenters. The quantitative estimate of drug-likeness (QED) is 0.911. The molecule has 1 aliphatic rings. The van der Waals surface area contributed by atoms with Gasteiger partial charge in [-0.1, -0.05) is 18.2 Å². The Labute approximate surface area is 138 Å². The summed E-state index contributed by atoms with van der Waals surface area (Å²) >= 11 is 3.34. The topological polar surface area (TPSA) is 45.2 Å². The zero-order valence-electron chi connectivity index (χ0n) is 12.2. The van der Waals surface area contributed by atoms with Gasteiger partial charge in [0.1, 0.15) is 0 Å². The number of anilines is 1. The number of para-hydroxylation sites is 1. The smallest absolute Gasteiger partial charge is 0.252 e. The van der Waals surface area contributed by atoms with E-state index in [1.54, 1.807) is 18.5 Å². The molecular weight excluding hydrogens is 342 g/mol. The fourth-order valence-electron chi connectivity index (χ4n) is 2.86. The van der Waals surface area contributed by atoms with Crippen LogP contribution in [0.25, 0.3) is 0 Å². The maximum Gasteiger partial charge on any atom is 0.252 e. The van der Waals surface area contributed by atoms with Gasteiger partial charge in [0, 0.05) is 41.7 Å². The van der Waals surface area contributed by atoms with E-state index in [1.165, 1.54) is 5.69 Å². The molecule has 0 spiro atoms. The third kappa shape index (κ3) is 3.47. The lowest BCUT2D eigenvalue weighted by molar-refractivity contribution is 0.0951. The lowest BCUT2D eigenvalue weighted by Crippen LogP contribution is -2.40. The van der Waals surface area contributed by atoms with Crippen LogP contribution in [0.1, 0.15) is 23.2 Å². The van der Waals surface area contributed by atoms with Gasteiger partial charge >= 0.3 is 0 Å². The summed E-state index contributed by atoms with van der Waals surface area (Å²) in [5, 5.41) is 3.03. The predicted octanol–water partition coefficient (Wildman–Crippen LogP) is 3.24. The Morgan fingerprint density at radius 1 is 1.32 bits per heavy atom. The van der Waals surface area contributed by atoms with E-state index in [9.17, 15) is 4.79 Å². The van der Waals surface area contributed by atoms with E-state index in [0.717, 1.165) is 23.9 Å². The number of carbonyl (C=O) groups is 1. The van der Waals surface area contributed by atoms with Crippen LogP contribution in [0.3, 0.4) is 0 Å². The first-order chi connectivity index (χ1) is 10.7. The van der Waals surface area contributed by atoms with Crippen molar-refractivity contribution in [1.82, 2.24) is 10.3 Å². The Hall–Kier alpha value is -1.88. The molecule has 0 aliphatic carbocycles. The van der Waals surface area contributed by atoms with Crippen LogP contribution in [0.5, 0.6) is 0 Å². The lowest BCUT2D eigenvalue weighted by atomic mass is 10.2. The second-order valence-electron chi connectivity index (χ2n) is 5.43. The molecule has 22 heavy (non-hydrogen) atoms. The summed E-state index contributed by atoms with van der Waals surface area (Å²) < 4.78 is 0.812. The third-order valence-corrected chi connectivity index (χ3v) is 4.36. The molecule has 0 saturated carbocycles. The normalized spacial score (nSPS) is 17.5. The second kappa shape index (κ2) is 6.92. The molecule has 1 aliphatic heterocycles. The molecule has 0 radical (unpaired) electrons. The fourth-order valence-corrected chi connectivity index (χ4v) is 3.22. The molecule has 3 rings (SSSR count). The predicted molar refractivity (Wildman–Crippen MR) is 91.1 cm³/mol. The van der Waals surface area contributed by atoms with Crippen LogP contribution in [0.4, 0.5) is 5.69 Å². The Morgan fingerprint density at radius 2 is 2.14 bits per heavy atom. The van der Waals surface area contributed by atoms with Crippen molar-refractivity contribution in [2.45, 2.75) is 18.9 Å². The van der Waals surface area contributed by atoms with Gasteiger partial charge in [-0.2, -0.15) is 0 Å². The molecule has 1 amide bonds. The molecule has 1 N–H and O–H groups in total. The zero-order chi connectivity index (χ0) is 15.4. The third-order valence-electron chi connectivity index (χ3n) is 3.93. The van der Waals surface area contributed by atoms with E-state index in [0.29, 0.717) is 18.2 Å². The van der Waals surface area contributed by atoms with Crippen LogP contribution in [-0.2, 0) is 0 Å². The minimum absolute atomic E-state index is 0.0753. The highest BCUT2D eigenvalue weighted by atomic mass is 79.9. The first-order valence-corrected chi connectivity index (χ1v) is 8.24. The summed E-state index contributed by atoms with van der Waals surface area (Å²) in [4.78, 5) is 18.6. The van der Waals surface area contributed by atoms with E-state index >= 15 is 0 Å². The Balaban J connectivity index is 1.62. The van der Waals surface area contributed by atoms with Crippen molar-refractivity contribution in [1.29, 1.82) is 0 Å². The standard InChI is InChI=1S/C17H18BrN3O/c18-14-9-13(10-19-11-14)17(22)20-12-16-7-4-8-21(16)15-5-2-1-3-6-15/h1-3,5-6,9-11,16H,4,7-8,12H2,(H,20,22)/t16-/m1/s1. The first kappa shape index (κ1) is 15.0. The number of benzene rings is 1. The van der Waals surface area contributed by atoms with Crippen molar-refractivity contribution in [3.05, 3.63) is 58.8 Å². The summed E-state index contributed by atoms with van der Waals surface area (Å²) in [6.07, 6.45) is 5.52. The molecular formula is C17H18BrN3O. The van der Waals surface area contributed by atoms with Crippen LogP contribution in [0.15, 0.2) is 53.3 Å². The van der Waals surface area contributed by atoms with Gasteiger partial charge in [0.2, 0.25) is 0 Å². The highest BCUT2D eigenvalue weighted by molar-refractivity contribution is 9.10. The number of aromatic nitrogens is 1. The number of hydrogen-bond acceptors (Lipinski definition) is 3. The van der Waals surface area contributed by atoms with Crippen LogP contribution in [-0.4, -0.2) is 30.0 Å². The molecule has 4 nitrogen and oxygen atoms in total. The molecule has 2 heterocycles. The van der Waals surface area contributed by atoms with Gasteiger partial charge in [-0.3, -0.25) is 9.78 Å². The molecule has 1 saturated heterocycles. The van der Waals surface area contributed by atoms with Gasteiger partial charge in [-0.25, -0.2) is 0 Å². The van der Waals surface area contributed by atoms with Crippen LogP contribution in [0.2, 0.25) is 0 Å². The largest absolute Gasteiger partial charge is 0.367 e. The number of pyridine rings is 1. The number of nitrogens with zero attached hydrogens (tertiary/aromatic N) is 2. The average molecular weight is 360 g/mol. The van der Waals surface area contributed by atoms with Gasteiger partial charge < -0.3 is 10.2 Å². The molecule has 0 bridgehead atoms. The van der Waals surface area contributed by atoms with Crippen molar-refractivity contribution in [2.75, 3.05) is 18.0 Å². The van der Waals surface area contributed by atoms with E-state index in [4.69, 9.17) is 0 Å². The summed E-state index contributed by atoms with van der Waals surface area (Å²) in [7, 11) is 0. The number of carbonyl (C=O) groups excluding carboxylic acids is 1.